The lowest BCUT2D eigenvalue weighted by atomic mass is 9.89. The molecule has 3 heterocycles. The van der Waals surface area contributed by atoms with Crippen molar-refractivity contribution in [3.05, 3.63) is 77.3 Å². The van der Waals surface area contributed by atoms with E-state index in [0.717, 1.165) is 39.8 Å². The number of fused-ring (bicyclic) bond motifs is 1. The number of carbonyl (C=O) groups excluding carboxylic acids is 1. The Kier molecular flexibility index (Phi) is 6.26. The van der Waals surface area contributed by atoms with Gasteiger partial charge >= 0.3 is 0 Å². The Morgan fingerprint density at radius 1 is 1.03 bits per heavy atom. The van der Waals surface area contributed by atoms with Crippen LogP contribution in [-0.2, 0) is 26.6 Å². The predicted octanol–water partition coefficient (Wildman–Crippen LogP) is 4.25. The molecule has 0 bridgehead atoms. The summed E-state index contributed by atoms with van der Waals surface area (Å²) in [5.74, 6) is 2.06. The summed E-state index contributed by atoms with van der Waals surface area (Å²) in [7, 11) is 5.14. The number of nitrogens with zero attached hydrogens (tertiary/aromatic N) is 4. The third kappa shape index (κ3) is 4.46. The maximum atomic E-state index is 13.8. The largest absolute Gasteiger partial charge is 0.497 e. The number of benzene rings is 2. The number of amidine groups is 1. The Balaban J connectivity index is 1.50. The zero-order chi connectivity index (χ0) is 25.4. The molecule has 2 aliphatic rings. The van der Waals surface area contributed by atoms with Gasteiger partial charge in [-0.1, -0.05) is 13.0 Å². The highest BCUT2D eigenvalue weighted by Crippen LogP contribution is 2.34. The molecule has 1 N–H and O–H groups in total. The maximum Gasteiger partial charge on any atom is 0.254 e. The molecule has 5 rings (SSSR count). The fourth-order valence-corrected chi connectivity index (χ4v) is 4.95. The fourth-order valence-electron chi connectivity index (χ4n) is 4.95. The van der Waals surface area contributed by atoms with Crippen molar-refractivity contribution in [3.8, 4) is 22.6 Å². The highest BCUT2D eigenvalue weighted by molar-refractivity contribution is 5.99. The second kappa shape index (κ2) is 9.53. The summed E-state index contributed by atoms with van der Waals surface area (Å²) in [4.78, 5) is 17.6. The van der Waals surface area contributed by atoms with Crippen LogP contribution in [0.4, 0.5) is 0 Å². The normalized spacial score (nSPS) is 17.1. The molecule has 36 heavy (non-hydrogen) atoms. The molecule has 0 fully saturated rings. The van der Waals surface area contributed by atoms with Crippen molar-refractivity contribution in [2.24, 2.45) is 13.0 Å². The summed E-state index contributed by atoms with van der Waals surface area (Å²) in [6, 6.07) is 9.86. The van der Waals surface area contributed by atoms with Gasteiger partial charge in [-0.15, -0.1) is 0 Å². The quantitative estimate of drug-likeness (QED) is 0.541. The highest BCUT2D eigenvalue weighted by Gasteiger charge is 2.29. The minimum Gasteiger partial charge on any atom is -0.497 e. The number of rotatable bonds is 7. The van der Waals surface area contributed by atoms with Gasteiger partial charge in [0.2, 0.25) is 0 Å². The number of hydrogen-bond acceptors (Lipinski definition) is 5. The van der Waals surface area contributed by atoms with Crippen LogP contribution in [0.25, 0.3) is 11.1 Å². The third-order valence-electron chi connectivity index (χ3n) is 6.91. The van der Waals surface area contributed by atoms with Gasteiger partial charge in [-0.2, -0.15) is 5.10 Å². The van der Waals surface area contributed by atoms with Crippen LogP contribution in [0.2, 0.25) is 0 Å². The Labute approximate surface area is 211 Å². The van der Waals surface area contributed by atoms with Gasteiger partial charge in [-0.25, -0.2) is 0 Å². The van der Waals surface area contributed by atoms with E-state index in [2.05, 4.69) is 11.2 Å². The summed E-state index contributed by atoms with van der Waals surface area (Å²) < 4.78 is 12.6. The van der Waals surface area contributed by atoms with E-state index in [1.807, 2.05) is 72.7 Å². The average molecular weight is 486 g/mol. The number of methoxy groups -OCH3 is 2. The second-order valence-corrected chi connectivity index (χ2v) is 9.41. The molecule has 0 aliphatic carbocycles. The first-order valence-electron chi connectivity index (χ1n) is 12.1. The number of amides is 1. The van der Waals surface area contributed by atoms with Crippen molar-refractivity contribution in [2.45, 2.75) is 26.4 Å². The predicted molar refractivity (Wildman–Crippen MR) is 138 cm³/mol. The van der Waals surface area contributed by atoms with Crippen LogP contribution in [0.3, 0.4) is 0 Å². The zero-order valence-corrected chi connectivity index (χ0v) is 21.1. The Hall–Kier alpha value is -4.07. The second-order valence-electron chi connectivity index (χ2n) is 9.41. The Morgan fingerprint density at radius 3 is 2.33 bits per heavy atom. The van der Waals surface area contributed by atoms with Gasteiger partial charge in [0.1, 0.15) is 17.3 Å². The lowest BCUT2D eigenvalue weighted by Gasteiger charge is -2.31. The average Bonchev–Trinajstić information content (AvgIpc) is 3.45. The maximum absolute atomic E-state index is 13.8. The standard InChI is InChI=1S/C28H31N5O3/c1-18-5-7-32(27(18)29)15-20-11-25(21-14-30-31(2)17-21)24-6-8-33(28(34)26(24)12-20)16-19-9-22(35-3)13-23(10-19)36-4/h5,7,9-14,17-18,29H,6,8,15-16H2,1-4H3. The van der Waals surface area contributed by atoms with E-state index in [1.165, 1.54) is 0 Å². The van der Waals surface area contributed by atoms with Crippen LogP contribution in [0, 0.1) is 11.3 Å². The van der Waals surface area contributed by atoms with Crippen LogP contribution < -0.4 is 9.47 Å². The molecule has 8 heteroatoms. The van der Waals surface area contributed by atoms with E-state index in [-0.39, 0.29) is 11.8 Å². The van der Waals surface area contributed by atoms with Crippen LogP contribution in [-0.4, -0.2) is 52.1 Å². The molecule has 1 amide bonds. The first-order chi connectivity index (χ1) is 17.4. The summed E-state index contributed by atoms with van der Waals surface area (Å²) in [6.45, 7) is 3.65. The molecule has 0 saturated heterocycles. The molecular formula is C28H31N5O3. The molecule has 1 atom stereocenters. The van der Waals surface area contributed by atoms with Crippen LogP contribution in [0.5, 0.6) is 11.5 Å². The molecule has 2 aliphatic heterocycles. The number of carbonyl (C=O) groups is 1. The van der Waals surface area contributed by atoms with Gasteiger partial charge in [-0.3, -0.25) is 14.9 Å². The minimum atomic E-state index is 0.00503. The van der Waals surface area contributed by atoms with E-state index in [9.17, 15) is 4.79 Å². The topological polar surface area (TPSA) is 83.7 Å². The molecule has 8 nitrogen and oxygen atoms in total. The summed E-state index contributed by atoms with van der Waals surface area (Å²) in [5, 5.41) is 12.7. The van der Waals surface area contributed by atoms with E-state index < -0.39 is 0 Å². The first-order valence-corrected chi connectivity index (χ1v) is 12.1. The molecular weight excluding hydrogens is 454 g/mol. The molecule has 3 aromatic rings. The monoisotopic (exact) mass is 485 g/mol. The molecule has 1 unspecified atom stereocenters. The first kappa shape index (κ1) is 23.7. The molecule has 2 aromatic carbocycles. The summed E-state index contributed by atoms with van der Waals surface area (Å²) >= 11 is 0. The highest BCUT2D eigenvalue weighted by atomic mass is 16.5. The third-order valence-corrected chi connectivity index (χ3v) is 6.91. The van der Waals surface area contributed by atoms with Crippen LogP contribution in [0.1, 0.15) is 34.0 Å². The summed E-state index contributed by atoms with van der Waals surface area (Å²) in [5.41, 5.74) is 5.75. The summed E-state index contributed by atoms with van der Waals surface area (Å²) in [6.07, 6.45) is 8.57. The number of aromatic nitrogens is 2. The Morgan fingerprint density at radius 2 is 1.72 bits per heavy atom. The van der Waals surface area contributed by atoms with Gasteiger partial charge in [-0.05, 0) is 52.9 Å². The molecule has 0 saturated carbocycles. The Bertz CT molecular complexity index is 1340. The zero-order valence-electron chi connectivity index (χ0n) is 21.1. The van der Waals surface area contributed by atoms with E-state index in [1.54, 1.807) is 18.9 Å². The molecule has 0 radical (unpaired) electrons. The van der Waals surface area contributed by atoms with Gasteiger partial charge in [0.05, 0.1) is 20.4 Å². The van der Waals surface area contributed by atoms with E-state index >= 15 is 0 Å². The number of ether oxygens (including phenoxy) is 2. The van der Waals surface area contributed by atoms with E-state index in [4.69, 9.17) is 14.9 Å². The number of aryl methyl sites for hydroxylation is 1. The molecule has 1 aromatic heterocycles. The molecule has 186 valence electrons. The van der Waals surface area contributed by atoms with Crippen molar-refractivity contribution >= 4 is 11.7 Å². The van der Waals surface area contributed by atoms with Gasteiger partial charge in [0.25, 0.3) is 5.91 Å². The smallest absolute Gasteiger partial charge is 0.254 e. The van der Waals surface area contributed by atoms with Crippen molar-refractivity contribution in [2.75, 3.05) is 20.8 Å². The lowest BCUT2D eigenvalue weighted by Crippen LogP contribution is -2.37. The van der Waals surface area contributed by atoms with Crippen molar-refractivity contribution in [1.82, 2.24) is 19.6 Å². The number of hydrogen-bond donors (Lipinski definition) is 1. The van der Waals surface area contributed by atoms with Crippen molar-refractivity contribution < 1.29 is 14.3 Å². The molecule has 0 spiro atoms. The number of nitrogens with one attached hydrogen (secondary N) is 1. The van der Waals surface area contributed by atoms with Gasteiger partial charge < -0.3 is 19.3 Å². The van der Waals surface area contributed by atoms with Gasteiger partial charge in [0.15, 0.2) is 0 Å². The van der Waals surface area contributed by atoms with E-state index in [0.29, 0.717) is 37.0 Å². The minimum absolute atomic E-state index is 0.00503. The fraction of sp³-hybridized carbons (Fsp3) is 0.321. The lowest BCUT2D eigenvalue weighted by molar-refractivity contribution is 0.0726. The SMILES string of the molecule is COc1cc(CN2CCc3c(cc(CN4C=CC(C)C4=N)cc3-c3cnn(C)c3)C2=O)cc(OC)c1. The van der Waals surface area contributed by atoms with Crippen LogP contribution in [0.15, 0.2) is 55.0 Å². The van der Waals surface area contributed by atoms with Crippen molar-refractivity contribution in [1.29, 1.82) is 5.41 Å². The van der Waals surface area contributed by atoms with Crippen LogP contribution >= 0.6 is 0 Å². The van der Waals surface area contributed by atoms with Crippen molar-refractivity contribution in [3.63, 3.8) is 0 Å². The van der Waals surface area contributed by atoms with Gasteiger partial charge in [0, 0.05) is 62.2 Å².